The first-order valence-electron chi connectivity index (χ1n) is 6.51. The van der Waals surface area contributed by atoms with Gasteiger partial charge in [-0.3, -0.25) is 0 Å². The summed E-state index contributed by atoms with van der Waals surface area (Å²) in [6.45, 7) is 6.56. The van der Waals surface area contributed by atoms with Crippen molar-refractivity contribution >= 4 is 0 Å². The van der Waals surface area contributed by atoms with E-state index in [4.69, 9.17) is 4.42 Å². The lowest BCUT2D eigenvalue weighted by Crippen LogP contribution is -2.30. The molecule has 0 aliphatic carbocycles. The Kier molecular flexibility index (Phi) is 4.21. The van der Waals surface area contributed by atoms with Crippen LogP contribution in [-0.4, -0.2) is 6.04 Å². The predicted molar refractivity (Wildman–Crippen MR) is 74.6 cm³/mol. The first-order valence-corrected chi connectivity index (χ1v) is 6.51. The average Bonchev–Trinajstić information content (AvgIpc) is 2.82. The lowest BCUT2D eigenvalue weighted by molar-refractivity contribution is 0.428. The van der Waals surface area contributed by atoms with Crippen LogP contribution < -0.4 is 5.32 Å². The van der Waals surface area contributed by atoms with Gasteiger partial charge in [0.25, 0.3) is 0 Å². The molecule has 2 aromatic rings. The Morgan fingerprint density at radius 3 is 2.56 bits per heavy atom. The third kappa shape index (κ3) is 3.23. The Morgan fingerprint density at radius 2 is 1.89 bits per heavy atom. The van der Waals surface area contributed by atoms with Crippen molar-refractivity contribution in [2.24, 2.45) is 0 Å². The minimum atomic E-state index is 0.358. The Bertz CT molecular complexity index is 476. The monoisotopic (exact) mass is 243 g/mol. The largest absolute Gasteiger partial charge is 0.469 e. The summed E-state index contributed by atoms with van der Waals surface area (Å²) in [5.41, 5.74) is 2.70. The maximum absolute atomic E-state index is 5.38. The molecule has 0 radical (unpaired) electrons. The van der Waals surface area contributed by atoms with Crippen molar-refractivity contribution in [3.05, 3.63) is 59.5 Å². The van der Waals surface area contributed by atoms with E-state index in [9.17, 15) is 0 Å². The van der Waals surface area contributed by atoms with Gasteiger partial charge in [0.15, 0.2) is 0 Å². The molecule has 1 unspecified atom stereocenters. The molecule has 1 aromatic heterocycles. The lowest BCUT2D eigenvalue weighted by Gasteiger charge is -2.21. The lowest BCUT2D eigenvalue weighted by atomic mass is 10.0. The fraction of sp³-hybridized carbons (Fsp3) is 0.375. The van der Waals surface area contributed by atoms with Crippen LogP contribution in [0.15, 0.2) is 47.1 Å². The van der Waals surface area contributed by atoms with Crippen LogP contribution in [0.25, 0.3) is 0 Å². The summed E-state index contributed by atoms with van der Waals surface area (Å²) in [5.74, 6) is 1.03. The van der Waals surface area contributed by atoms with Gasteiger partial charge in [-0.2, -0.15) is 0 Å². The van der Waals surface area contributed by atoms with Crippen LogP contribution in [-0.2, 0) is 6.42 Å². The molecule has 0 amide bonds. The molecule has 2 nitrogen and oxygen atoms in total. The van der Waals surface area contributed by atoms with Crippen LogP contribution in [0.5, 0.6) is 0 Å². The standard InChI is InChI=1S/C16H21NO/c1-12-7-4-5-9-16(12)14(3)17-13(2)11-15-8-6-10-18-15/h4-10,13-14,17H,11H2,1-3H3/t13?,14-/m0/s1. The molecule has 0 fully saturated rings. The number of furan rings is 1. The zero-order valence-electron chi connectivity index (χ0n) is 11.3. The van der Waals surface area contributed by atoms with Gasteiger partial charge in [-0.1, -0.05) is 24.3 Å². The van der Waals surface area contributed by atoms with Gasteiger partial charge in [0.05, 0.1) is 6.26 Å². The molecule has 2 atom stereocenters. The molecule has 18 heavy (non-hydrogen) atoms. The van der Waals surface area contributed by atoms with Gasteiger partial charge in [-0.15, -0.1) is 0 Å². The molecule has 1 heterocycles. The van der Waals surface area contributed by atoms with Crippen LogP contribution in [0.4, 0.5) is 0 Å². The number of rotatable bonds is 5. The summed E-state index contributed by atoms with van der Waals surface area (Å²) in [7, 11) is 0. The summed E-state index contributed by atoms with van der Waals surface area (Å²) in [6, 6.07) is 13.2. The summed E-state index contributed by atoms with van der Waals surface area (Å²) in [5, 5.41) is 3.62. The second-order valence-corrected chi connectivity index (χ2v) is 4.93. The highest BCUT2D eigenvalue weighted by molar-refractivity contribution is 5.28. The van der Waals surface area contributed by atoms with Gasteiger partial charge >= 0.3 is 0 Å². The van der Waals surface area contributed by atoms with E-state index < -0.39 is 0 Å². The molecule has 1 aromatic carbocycles. The van der Waals surface area contributed by atoms with Gasteiger partial charge < -0.3 is 9.73 Å². The number of benzene rings is 1. The fourth-order valence-electron chi connectivity index (χ4n) is 2.38. The SMILES string of the molecule is Cc1ccccc1[C@H](C)NC(C)Cc1ccco1. The summed E-state index contributed by atoms with van der Waals surface area (Å²) in [4.78, 5) is 0. The maximum atomic E-state index is 5.38. The number of nitrogens with one attached hydrogen (secondary N) is 1. The van der Waals surface area contributed by atoms with Gasteiger partial charge in [0.2, 0.25) is 0 Å². The van der Waals surface area contributed by atoms with Crippen molar-refractivity contribution in [2.75, 3.05) is 0 Å². The van der Waals surface area contributed by atoms with Gasteiger partial charge in [0, 0.05) is 18.5 Å². The van der Waals surface area contributed by atoms with Crippen molar-refractivity contribution < 1.29 is 4.42 Å². The first-order chi connectivity index (χ1) is 8.66. The number of hydrogen-bond acceptors (Lipinski definition) is 2. The normalized spacial score (nSPS) is 14.4. The fourth-order valence-corrected chi connectivity index (χ4v) is 2.38. The molecule has 0 saturated carbocycles. The molecule has 2 heteroatoms. The van der Waals surface area contributed by atoms with Crippen LogP contribution in [0.3, 0.4) is 0 Å². The Labute approximate surface area is 109 Å². The minimum Gasteiger partial charge on any atom is -0.469 e. The molecular formula is C16H21NO. The number of aryl methyl sites for hydroxylation is 1. The van der Waals surface area contributed by atoms with E-state index in [0.717, 1.165) is 12.2 Å². The molecule has 0 aliphatic heterocycles. The van der Waals surface area contributed by atoms with E-state index in [1.165, 1.54) is 11.1 Å². The van der Waals surface area contributed by atoms with Crippen LogP contribution in [0.2, 0.25) is 0 Å². The molecule has 96 valence electrons. The molecule has 2 rings (SSSR count). The highest BCUT2D eigenvalue weighted by Gasteiger charge is 2.12. The molecule has 0 spiro atoms. The van der Waals surface area contributed by atoms with Crippen molar-refractivity contribution in [2.45, 2.75) is 39.3 Å². The van der Waals surface area contributed by atoms with Crippen molar-refractivity contribution in [3.63, 3.8) is 0 Å². The molecule has 1 N–H and O–H groups in total. The smallest absolute Gasteiger partial charge is 0.105 e. The van der Waals surface area contributed by atoms with Crippen molar-refractivity contribution in [1.82, 2.24) is 5.32 Å². The summed E-state index contributed by atoms with van der Waals surface area (Å²) >= 11 is 0. The molecule has 0 bridgehead atoms. The Hall–Kier alpha value is -1.54. The zero-order valence-corrected chi connectivity index (χ0v) is 11.3. The third-order valence-electron chi connectivity index (χ3n) is 3.28. The molecule has 0 saturated heterocycles. The number of hydrogen-bond donors (Lipinski definition) is 1. The highest BCUT2D eigenvalue weighted by atomic mass is 16.3. The van der Waals surface area contributed by atoms with Crippen LogP contribution in [0, 0.1) is 6.92 Å². The Balaban J connectivity index is 1.95. The van der Waals surface area contributed by atoms with E-state index in [1.54, 1.807) is 6.26 Å². The maximum Gasteiger partial charge on any atom is 0.105 e. The zero-order chi connectivity index (χ0) is 13.0. The summed E-state index contributed by atoms with van der Waals surface area (Å²) < 4.78 is 5.38. The van der Waals surface area contributed by atoms with Crippen molar-refractivity contribution in [1.29, 1.82) is 0 Å². The van der Waals surface area contributed by atoms with Crippen LogP contribution >= 0.6 is 0 Å². The van der Waals surface area contributed by atoms with Gasteiger partial charge in [0.1, 0.15) is 5.76 Å². The Morgan fingerprint density at radius 1 is 1.11 bits per heavy atom. The van der Waals surface area contributed by atoms with Crippen molar-refractivity contribution in [3.8, 4) is 0 Å². The van der Waals surface area contributed by atoms with E-state index in [-0.39, 0.29) is 0 Å². The van der Waals surface area contributed by atoms with E-state index >= 15 is 0 Å². The quantitative estimate of drug-likeness (QED) is 0.862. The van der Waals surface area contributed by atoms with E-state index in [1.807, 2.05) is 12.1 Å². The van der Waals surface area contributed by atoms with Gasteiger partial charge in [-0.05, 0) is 44.0 Å². The molecule has 0 aliphatic rings. The van der Waals surface area contributed by atoms with E-state index in [2.05, 4.69) is 50.4 Å². The van der Waals surface area contributed by atoms with E-state index in [0.29, 0.717) is 12.1 Å². The minimum absolute atomic E-state index is 0.358. The predicted octanol–water partition coefficient (Wildman–Crippen LogP) is 3.87. The second-order valence-electron chi connectivity index (χ2n) is 4.93. The average molecular weight is 243 g/mol. The third-order valence-corrected chi connectivity index (χ3v) is 3.28. The highest BCUT2D eigenvalue weighted by Crippen LogP contribution is 2.17. The molecular weight excluding hydrogens is 222 g/mol. The first kappa shape index (κ1) is 12.9. The van der Waals surface area contributed by atoms with Gasteiger partial charge in [-0.25, -0.2) is 0 Å². The second kappa shape index (κ2) is 5.87. The topological polar surface area (TPSA) is 25.2 Å². The van der Waals surface area contributed by atoms with Crippen LogP contribution in [0.1, 0.15) is 36.8 Å². The summed E-state index contributed by atoms with van der Waals surface area (Å²) in [6.07, 6.45) is 2.65.